The number of nitro groups is 1. The van der Waals surface area contributed by atoms with Gasteiger partial charge >= 0.3 is 41.3 Å². The van der Waals surface area contributed by atoms with Gasteiger partial charge < -0.3 is 50.0 Å². The number of nitrogens with one attached hydrogen (secondary N) is 1. The first-order valence-electron chi connectivity index (χ1n) is 29.0. The topological polar surface area (TPSA) is 431 Å². The molecule has 8 aromatic heterocycles. The summed E-state index contributed by atoms with van der Waals surface area (Å²) in [6, 6.07) is 29.9. The van der Waals surface area contributed by atoms with Gasteiger partial charge in [-0.3, -0.25) is 15.2 Å². The van der Waals surface area contributed by atoms with Crippen LogP contribution in [0.25, 0.3) is 33.7 Å². The summed E-state index contributed by atoms with van der Waals surface area (Å²) in [6.07, 6.45) is 15.8. The largest absolute Gasteiger partial charge is 1.00 e. The zero-order valence-electron chi connectivity index (χ0n) is 55.0. The van der Waals surface area contributed by atoms with Gasteiger partial charge in [-0.15, -0.1) is 27.9 Å². The number of fused-ring (bicyclic) bond motifs is 2. The molecule has 100 heavy (non-hydrogen) atoms. The number of H-pyrrole nitrogens is 1. The number of carbonyl (C=O) groups excluding carboxylic acids is 1. The molecule has 0 spiro atoms. The van der Waals surface area contributed by atoms with Crippen molar-refractivity contribution in [3.63, 3.8) is 0 Å². The van der Waals surface area contributed by atoms with Crippen molar-refractivity contribution in [2.24, 2.45) is 5.34 Å². The van der Waals surface area contributed by atoms with Crippen molar-refractivity contribution in [2.45, 2.75) is 58.5 Å². The van der Waals surface area contributed by atoms with E-state index >= 15 is 0 Å². The number of methoxy groups -OCH3 is 4. The Kier molecular flexibility index (Phi) is 32.5. The number of nitrogens with zero attached hydrogens (tertiary/aromatic N) is 19. The minimum Gasteiger partial charge on any atom is -0.497 e. The summed E-state index contributed by atoms with van der Waals surface area (Å²) in [5, 5.41) is 47.0. The average molecular weight is 1460 g/mol. The fraction of sp³-hybridized carbons (Fsp3) is 0.242. The molecule has 0 aliphatic carbocycles. The van der Waals surface area contributed by atoms with Gasteiger partial charge in [-0.25, -0.2) is 39.7 Å². The third kappa shape index (κ3) is 25.2. The van der Waals surface area contributed by atoms with Gasteiger partial charge in [0.2, 0.25) is 15.9 Å². The summed E-state index contributed by atoms with van der Waals surface area (Å²) in [4.78, 5) is 62.0. The molecular formula is C62H65Cl4N22NaO11. The summed E-state index contributed by atoms with van der Waals surface area (Å²) in [7, 11) is 6.46. The molecule has 1 aliphatic heterocycles. The maximum absolute atomic E-state index is 11.3. The Morgan fingerprint density at radius 1 is 0.630 bits per heavy atom. The Morgan fingerprint density at radius 2 is 1.08 bits per heavy atom. The minimum absolute atomic E-state index is 0. The molecule has 9 heterocycles. The van der Waals surface area contributed by atoms with Gasteiger partial charge in [0.05, 0.1) is 99.0 Å². The number of nitrogen functional groups attached to an aromatic ring is 2. The van der Waals surface area contributed by atoms with Crippen molar-refractivity contribution in [1.29, 1.82) is 0 Å². The first-order valence-corrected chi connectivity index (χ1v) is 30.2. The molecule has 518 valence electrons. The Balaban J connectivity index is 0.000000220. The second-order valence-electron chi connectivity index (χ2n) is 20.9. The molecule has 1 saturated heterocycles. The number of halogens is 4. The Morgan fingerprint density at radius 3 is 1.52 bits per heavy atom. The zero-order valence-corrected chi connectivity index (χ0v) is 60.1. The molecule has 0 bridgehead atoms. The molecule has 0 saturated carbocycles. The summed E-state index contributed by atoms with van der Waals surface area (Å²) in [6.45, 7) is 7.37. The number of ether oxygens (including phenoxy) is 6. The van der Waals surface area contributed by atoms with Crippen molar-refractivity contribution in [1.82, 2.24) is 89.8 Å². The second-order valence-corrected chi connectivity index (χ2v) is 22.0. The van der Waals surface area contributed by atoms with E-state index in [0.29, 0.717) is 58.8 Å². The van der Waals surface area contributed by atoms with E-state index in [4.69, 9.17) is 84.8 Å². The fourth-order valence-corrected chi connectivity index (χ4v) is 8.68. The van der Waals surface area contributed by atoms with Crippen LogP contribution in [0.2, 0.25) is 15.9 Å². The van der Waals surface area contributed by atoms with E-state index in [0.717, 1.165) is 86.2 Å². The van der Waals surface area contributed by atoms with Crippen molar-refractivity contribution in [3.8, 4) is 34.4 Å². The maximum atomic E-state index is 11.3. The van der Waals surface area contributed by atoms with Crippen LogP contribution < -0.4 is 60.0 Å². The number of benzene rings is 4. The number of anilines is 2. The predicted molar refractivity (Wildman–Crippen MR) is 370 cm³/mol. The van der Waals surface area contributed by atoms with Gasteiger partial charge in [0.1, 0.15) is 46.3 Å². The molecule has 12 aromatic rings. The monoisotopic (exact) mass is 1460 g/mol. The molecular weight excluding hydrogens is 1390 g/mol. The molecule has 0 unspecified atom stereocenters. The van der Waals surface area contributed by atoms with E-state index in [2.05, 4.69) is 75.8 Å². The van der Waals surface area contributed by atoms with Crippen molar-refractivity contribution in [3.05, 3.63) is 217 Å². The standard InChI is InChI=1S/C15H13N7O.C12H10ClN3O3.C12H12ClN3O.C11H8ClN5O.C8H13N3O2.C4H8O.ClH.HNO2.Na/c1-23-12-4-2-11(3-5-12)22-15-13(20-21-22)9-16-14(19-15)6-10-7-17-18-8-10;1-19-9-4-2-8(3-5-9)6-10-11(16(17)18)7-14-12(13)15-10;1-17-9-4-2-8(3-5-9)6-11-10(14)7-15-12(13)16-11;1-18-8-4-2-7(3-5-8)17-10-9(15-16-17)6-13-11(12)14-10;1-8(2,3)13-7(12)11-5-6(9)4-10-11;1-2-4-5-3-1;;2-1-3;/h2-5,7-9H,6H2,1H3,(H,17,18);2-5,7H,6H2,1H3;2-5,7H,6,14H2,1H3;2-6H,1H3;4-5H,9H2,1-3H3;1-4H2;1H;(H,2,3);/q;;;;;;;;+1/p-1. The van der Waals surface area contributed by atoms with Crippen LogP contribution in [0.4, 0.5) is 21.9 Å². The number of aromatic amines is 1. The first kappa shape index (κ1) is 80.3. The van der Waals surface area contributed by atoms with Crippen LogP contribution in [0, 0.1) is 20.2 Å². The molecule has 5 N–H and O–H groups in total. The van der Waals surface area contributed by atoms with Gasteiger partial charge in [0.25, 0.3) is 0 Å². The zero-order chi connectivity index (χ0) is 70.6. The van der Waals surface area contributed by atoms with Crippen LogP contribution in [0.5, 0.6) is 23.0 Å². The van der Waals surface area contributed by atoms with E-state index < -0.39 is 16.6 Å². The first-order chi connectivity index (χ1) is 47.2. The quantitative estimate of drug-likeness (QED) is 0.0323. The van der Waals surface area contributed by atoms with Crippen molar-refractivity contribution in [2.75, 3.05) is 53.1 Å². The number of aromatic nitrogens is 18. The van der Waals surface area contributed by atoms with Crippen LogP contribution in [-0.4, -0.2) is 148 Å². The average Bonchev–Trinajstić information content (AvgIpc) is 1.65. The Bertz CT molecular complexity index is 4470. The van der Waals surface area contributed by atoms with Gasteiger partial charge in [-0.1, -0.05) is 34.7 Å². The van der Waals surface area contributed by atoms with E-state index in [9.17, 15) is 14.9 Å². The molecule has 0 radical (unpaired) electrons. The van der Waals surface area contributed by atoms with Gasteiger partial charge in [-0.2, -0.15) is 29.2 Å². The normalized spacial score (nSPS) is 10.9. The SMILES string of the molecule is C1CCOC1.CC(C)(C)OC(=O)n1cc(N)cn1.COc1ccc(-n2nnc3cnc(Cc4cn[nH]c4)nc32)cc1.COc1ccc(-n2nnc3cnc(Cl)nc32)cc1.COc1ccc(Cc2nc(Cl)ncc2N)cc1.COc1ccc(Cc2nc(Cl)ncc2[N+](=O)[O-])cc1.Cl.O=N[O-].[Na+]. The van der Waals surface area contributed by atoms with Crippen LogP contribution in [0.1, 0.15) is 67.5 Å². The van der Waals surface area contributed by atoms with Crippen molar-refractivity contribution >= 4 is 92.7 Å². The maximum Gasteiger partial charge on any atom is 1.00 e. The number of hydrogen-bond donors (Lipinski definition) is 3. The van der Waals surface area contributed by atoms with Gasteiger partial charge in [0, 0.05) is 38.7 Å². The molecule has 33 nitrogen and oxygen atoms in total. The van der Waals surface area contributed by atoms with Gasteiger partial charge in [0.15, 0.2) is 22.3 Å². The summed E-state index contributed by atoms with van der Waals surface area (Å²) in [5.41, 5.74) is 19.7. The van der Waals surface area contributed by atoms with Gasteiger partial charge in [-0.05, 0) is 158 Å². The molecule has 1 aliphatic rings. The minimum atomic E-state index is -0.524. The molecule has 13 rings (SSSR count). The third-order valence-corrected chi connectivity index (χ3v) is 13.5. The summed E-state index contributed by atoms with van der Waals surface area (Å²) >= 11 is 17.2. The van der Waals surface area contributed by atoms with Crippen molar-refractivity contribution < 1.29 is 67.7 Å². The number of nitrogens with two attached hydrogens (primary N) is 2. The number of hydrogen-bond acceptors (Lipinski definition) is 28. The second kappa shape index (κ2) is 40.5. The van der Waals surface area contributed by atoms with Crippen LogP contribution >= 0.6 is 47.2 Å². The summed E-state index contributed by atoms with van der Waals surface area (Å²) in [5.74, 6) is 3.79. The third-order valence-electron chi connectivity index (χ3n) is 12.9. The fourth-order valence-electron chi connectivity index (χ4n) is 8.25. The van der Waals surface area contributed by atoms with Crippen LogP contribution in [0.15, 0.2) is 152 Å². The summed E-state index contributed by atoms with van der Waals surface area (Å²) < 4.78 is 34.8. The Hall–Kier alpha value is -10.4. The Labute approximate surface area is 614 Å². The molecule has 38 heteroatoms. The van der Waals surface area contributed by atoms with E-state index in [-0.39, 0.29) is 69.2 Å². The molecule has 4 aromatic carbocycles. The van der Waals surface area contributed by atoms with E-state index in [1.807, 2.05) is 91.1 Å². The number of carbonyl (C=O) groups is 1. The smallest absolute Gasteiger partial charge is 0.497 e. The molecule has 0 amide bonds. The predicted octanol–water partition coefficient (Wildman–Crippen LogP) is 8.08. The molecule has 1 fully saturated rings. The molecule has 0 atom stereocenters. The number of rotatable bonds is 13. The van der Waals surface area contributed by atoms with Crippen LogP contribution in [0.3, 0.4) is 0 Å². The van der Waals surface area contributed by atoms with E-state index in [1.54, 1.807) is 83.1 Å². The van der Waals surface area contributed by atoms with E-state index in [1.165, 1.54) is 37.6 Å². The van der Waals surface area contributed by atoms with Crippen LogP contribution in [-0.2, 0) is 28.7 Å².